The number of carbonyl (C=O) groups is 1. The average molecular weight is 311 g/mol. The minimum absolute atomic E-state index is 0.0637. The molecule has 0 atom stereocenters. The smallest absolute Gasteiger partial charge is 0.238 e. The summed E-state index contributed by atoms with van der Waals surface area (Å²) in [6.45, 7) is 5.08. The molecule has 0 aromatic heterocycles. The number of aryl methyl sites for hydroxylation is 2. The lowest BCUT2D eigenvalue weighted by Gasteiger charge is -2.34. The molecule has 0 heterocycles. The molecule has 2 N–H and O–H groups in total. The molecule has 1 amide bonds. The van der Waals surface area contributed by atoms with Crippen molar-refractivity contribution < 1.29 is 9.90 Å². The van der Waals surface area contributed by atoms with Crippen LogP contribution in [-0.2, 0) is 4.79 Å². The van der Waals surface area contributed by atoms with Crippen molar-refractivity contribution in [1.82, 2.24) is 4.90 Å². The first-order chi connectivity index (χ1) is 9.85. The average Bonchev–Trinajstić information content (AvgIpc) is 2.31. The van der Waals surface area contributed by atoms with Crippen LogP contribution in [0.15, 0.2) is 12.1 Å². The Balaban J connectivity index is 1.87. The molecule has 21 heavy (non-hydrogen) atoms. The summed E-state index contributed by atoms with van der Waals surface area (Å²) in [7, 11) is 1.92. The molecule has 0 bridgehead atoms. The van der Waals surface area contributed by atoms with Crippen molar-refractivity contribution in [2.45, 2.75) is 32.8 Å². The van der Waals surface area contributed by atoms with Gasteiger partial charge in [-0.1, -0.05) is 17.7 Å². The third kappa shape index (κ3) is 4.43. The number of likely N-dealkylation sites (N-methyl/N-ethyl adjacent to an activating group) is 1. The van der Waals surface area contributed by atoms with Gasteiger partial charge >= 0.3 is 0 Å². The van der Waals surface area contributed by atoms with E-state index in [2.05, 4.69) is 5.32 Å². The Labute approximate surface area is 131 Å². The number of amides is 1. The summed E-state index contributed by atoms with van der Waals surface area (Å²) < 4.78 is 0. The van der Waals surface area contributed by atoms with Crippen LogP contribution in [0.5, 0.6) is 0 Å². The maximum absolute atomic E-state index is 12.1. The van der Waals surface area contributed by atoms with Crippen molar-refractivity contribution in [2.75, 3.05) is 25.5 Å². The van der Waals surface area contributed by atoms with E-state index in [1.54, 1.807) is 0 Å². The summed E-state index contributed by atoms with van der Waals surface area (Å²) in [6, 6.07) is 3.85. The largest absolute Gasteiger partial charge is 0.393 e. The van der Waals surface area contributed by atoms with Crippen molar-refractivity contribution in [3.05, 3.63) is 28.3 Å². The zero-order valence-electron chi connectivity index (χ0n) is 12.8. The molecule has 0 aliphatic heterocycles. The maximum atomic E-state index is 12.1. The van der Waals surface area contributed by atoms with Crippen molar-refractivity contribution in [3.8, 4) is 0 Å². The van der Waals surface area contributed by atoms with E-state index in [1.807, 2.05) is 37.9 Å². The Hall–Kier alpha value is -1.10. The van der Waals surface area contributed by atoms with Gasteiger partial charge in [0.05, 0.1) is 23.4 Å². The molecule has 4 nitrogen and oxygen atoms in total. The van der Waals surface area contributed by atoms with Gasteiger partial charge in [-0.15, -0.1) is 0 Å². The highest BCUT2D eigenvalue weighted by molar-refractivity contribution is 6.34. The lowest BCUT2D eigenvalue weighted by Crippen LogP contribution is -2.40. The third-order valence-electron chi connectivity index (χ3n) is 3.89. The van der Waals surface area contributed by atoms with Crippen molar-refractivity contribution >= 4 is 23.2 Å². The summed E-state index contributed by atoms with van der Waals surface area (Å²) >= 11 is 6.19. The van der Waals surface area contributed by atoms with Gasteiger partial charge in [0.25, 0.3) is 0 Å². The van der Waals surface area contributed by atoms with Crippen LogP contribution in [0.2, 0.25) is 5.02 Å². The Kier molecular flexibility index (Phi) is 5.25. The number of anilines is 1. The summed E-state index contributed by atoms with van der Waals surface area (Å²) in [5, 5.41) is 12.7. The second kappa shape index (κ2) is 6.77. The van der Waals surface area contributed by atoms with E-state index >= 15 is 0 Å². The number of nitrogens with one attached hydrogen (secondary N) is 1. The molecule has 5 heteroatoms. The van der Waals surface area contributed by atoms with Gasteiger partial charge < -0.3 is 10.4 Å². The van der Waals surface area contributed by atoms with Crippen LogP contribution in [0.1, 0.15) is 24.0 Å². The fourth-order valence-electron chi connectivity index (χ4n) is 2.85. The standard InChI is InChI=1S/C16H23ClN2O2/c1-10-4-11(2)16(14(17)5-10)18-15(21)9-19(3)8-12-6-13(20)7-12/h4-5,12-13,20H,6-9H2,1-3H3,(H,18,21). The SMILES string of the molecule is Cc1cc(C)c(NC(=O)CN(C)CC2CC(O)C2)c(Cl)c1. The maximum Gasteiger partial charge on any atom is 0.238 e. The molecule has 0 unspecified atom stereocenters. The van der Waals surface area contributed by atoms with Gasteiger partial charge in [-0.05, 0) is 56.8 Å². The number of benzene rings is 1. The zero-order chi connectivity index (χ0) is 15.6. The van der Waals surface area contributed by atoms with Gasteiger partial charge in [0.15, 0.2) is 0 Å². The van der Waals surface area contributed by atoms with E-state index < -0.39 is 0 Å². The Morgan fingerprint density at radius 1 is 1.43 bits per heavy atom. The van der Waals surface area contributed by atoms with Gasteiger partial charge in [0.1, 0.15) is 0 Å². The molecule has 1 aromatic carbocycles. The van der Waals surface area contributed by atoms with Gasteiger partial charge in [-0.2, -0.15) is 0 Å². The normalized spacial score (nSPS) is 21.2. The first-order valence-corrected chi connectivity index (χ1v) is 7.66. The molecule has 1 aliphatic carbocycles. The summed E-state index contributed by atoms with van der Waals surface area (Å²) in [6.07, 6.45) is 1.54. The van der Waals surface area contributed by atoms with Crippen molar-refractivity contribution in [1.29, 1.82) is 0 Å². The van der Waals surface area contributed by atoms with Gasteiger partial charge in [-0.25, -0.2) is 0 Å². The highest BCUT2D eigenvalue weighted by Gasteiger charge is 2.28. The summed E-state index contributed by atoms with van der Waals surface area (Å²) in [5.74, 6) is 0.439. The Bertz CT molecular complexity index is 504. The first-order valence-electron chi connectivity index (χ1n) is 7.28. The molecule has 1 saturated carbocycles. The van der Waals surface area contributed by atoms with Crippen LogP contribution in [0, 0.1) is 19.8 Å². The molecular formula is C16H23ClN2O2. The molecule has 2 rings (SSSR count). The highest BCUT2D eigenvalue weighted by Crippen LogP contribution is 2.28. The third-order valence-corrected chi connectivity index (χ3v) is 4.19. The molecule has 0 saturated heterocycles. The fourth-order valence-corrected chi connectivity index (χ4v) is 3.22. The Morgan fingerprint density at radius 2 is 2.10 bits per heavy atom. The van der Waals surface area contributed by atoms with E-state index in [9.17, 15) is 9.90 Å². The quantitative estimate of drug-likeness (QED) is 0.879. The second-order valence-electron chi connectivity index (χ2n) is 6.17. The monoisotopic (exact) mass is 310 g/mol. The molecule has 1 aliphatic rings. The number of hydrogen-bond donors (Lipinski definition) is 2. The Morgan fingerprint density at radius 3 is 2.67 bits per heavy atom. The second-order valence-corrected chi connectivity index (χ2v) is 6.58. The molecular weight excluding hydrogens is 288 g/mol. The summed E-state index contributed by atoms with van der Waals surface area (Å²) in [5.41, 5.74) is 2.74. The molecule has 1 fully saturated rings. The van der Waals surface area contributed by atoms with Gasteiger partial charge in [-0.3, -0.25) is 9.69 Å². The van der Waals surface area contributed by atoms with Gasteiger partial charge in [0, 0.05) is 6.54 Å². The number of aliphatic hydroxyl groups is 1. The van der Waals surface area contributed by atoms with E-state index in [4.69, 9.17) is 11.6 Å². The van der Waals surface area contributed by atoms with Crippen LogP contribution >= 0.6 is 11.6 Å². The van der Waals surface area contributed by atoms with Crippen LogP contribution in [0.4, 0.5) is 5.69 Å². The summed E-state index contributed by atoms with van der Waals surface area (Å²) in [4.78, 5) is 14.1. The molecule has 0 spiro atoms. The predicted octanol–water partition coefficient (Wildman–Crippen LogP) is 2.60. The first kappa shape index (κ1) is 16.3. The minimum atomic E-state index is -0.147. The number of aliphatic hydroxyl groups excluding tert-OH is 1. The van der Waals surface area contributed by atoms with Crippen molar-refractivity contribution in [2.24, 2.45) is 5.92 Å². The molecule has 0 radical (unpaired) electrons. The van der Waals surface area contributed by atoms with E-state index in [0.717, 1.165) is 30.5 Å². The zero-order valence-corrected chi connectivity index (χ0v) is 13.6. The van der Waals surface area contributed by atoms with Crippen LogP contribution < -0.4 is 5.32 Å². The topological polar surface area (TPSA) is 52.6 Å². The number of hydrogen-bond acceptors (Lipinski definition) is 3. The minimum Gasteiger partial charge on any atom is -0.393 e. The highest BCUT2D eigenvalue weighted by atomic mass is 35.5. The molecule has 1 aromatic rings. The van der Waals surface area contributed by atoms with E-state index in [-0.39, 0.29) is 12.0 Å². The van der Waals surface area contributed by atoms with Crippen LogP contribution in [-0.4, -0.2) is 42.2 Å². The fraction of sp³-hybridized carbons (Fsp3) is 0.562. The number of nitrogens with zero attached hydrogens (tertiary/aromatic N) is 1. The lowest BCUT2D eigenvalue weighted by atomic mass is 9.82. The number of carbonyl (C=O) groups excluding carboxylic acids is 1. The van der Waals surface area contributed by atoms with Crippen molar-refractivity contribution in [3.63, 3.8) is 0 Å². The van der Waals surface area contributed by atoms with Gasteiger partial charge in [0.2, 0.25) is 5.91 Å². The lowest BCUT2D eigenvalue weighted by molar-refractivity contribution is -0.117. The number of rotatable bonds is 5. The van der Waals surface area contributed by atoms with Crippen LogP contribution in [0.25, 0.3) is 0 Å². The molecule has 116 valence electrons. The number of halogens is 1. The predicted molar refractivity (Wildman–Crippen MR) is 85.8 cm³/mol. The van der Waals surface area contributed by atoms with E-state index in [1.165, 1.54) is 0 Å². The van der Waals surface area contributed by atoms with Crippen LogP contribution in [0.3, 0.4) is 0 Å². The van der Waals surface area contributed by atoms with E-state index in [0.29, 0.717) is 23.2 Å².